The van der Waals surface area contributed by atoms with Crippen molar-refractivity contribution in [2.24, 2.45) is 5.73 Å². The molecule has 14 heteroatoms. The summed E-state index contributed by atoms with van der Waals surface area (Å²) in [6.45, 7) is 1.28. The molecule has 0 aliphatic carbocycles. The number of carbonyl (C=O) groups is 5. The Morgan fingerprint density at radius 1 is 0.861 bits per heavy atom. The standard InChI is InChI=1S/C22H23N3O10S/c1-10(35-22(34)12-5-3-7-14(27)19(12)31)17(23)21(33)25-16(29)9-36-8-15(28)24-20(32)11-4-2-6-13(26)18(11)30/h2-7,10,17,26-27,30-31H,8-9,23H2,1H3,(H,24,28,32)(H,25,29,33). The number of ether oxygens (including phenoxy) is 1. The first-order valence-corrected chi connectivity index (χ1v) is 11.3. The molecule has 0 radical (unpaired) electrons. The number of imide groups is 2. The molecule has 13 nitrogen and oxygen atoms in total. The number of nitrogens with two attached hydrogens (primary N) is 1. The second kappa shape index (κ2) is 12.4. The van der Waals surface area contributed by atoms with E-state index in [0.29, 0.717) is 0 Å². The Labute approximate surface area is 208 Å². The number of aromatic hydroxyl groups is 4. The third kappa shape index (κ3) is 7.35. The van der Waals surface area contributed by atoms with Crippen LogP contribution in [0.15, 0.2) is 36.4 Å². The maximum atomic E-state index is 12.2. The minimum absolute atomic E-state index is 0.320. The van der Waals surface area contributed by atoms with Gasteiger partial charge in [-0.15, -0.1) is 11.8 Å². The molecule has 2 rings (SSSR count). The van der Waals surface area contributed by atoms with E-state index in [1.807, 2.05) is 10.6 Å². The van der Waals surface area contributed by atoms with E-state index in [-0.39, 0.29) is 22.6 Å². The molecule has 2 atom stereocenters. The Kier molecular flexibility index (Phi) is 9.64. The van der Waals surface area contributed by atoms with E-state index in [4.69, 9.17) is 10.5 Å². The predicted octanol–water partition coefficient (Wildman–Crippen LogP) is -0.286. The Balaban J connectivity index is 1.77. The molecule has 0 spiro atoms. The number of para-hydroxylation sites is 2. The van der Waals surface area contributed by atoms with Gasteiger partial charge in [0, 0.05) is 0 Å². The largest absolute Gasteiger partial charge is 0.504 e. The summed E-state index contributed by atoms with van der Waals surface area (Å²) in [5, 5.41) is 42.2. The van der Waals surface area contributed by atoms with Gasteiger partial charge in [-0.2, -0.15) is 0 Å². The normalized spacial score (nSPS) is 12.2. The fraction of sp³-hybridized carbons (Fsp3) is 0.227. The lowest BCUT2D eigenvalue weighted by molar-refractivity contribution is -0.131. The number of rotatable bonds is 9. The van der Waals surface area contributed by atoms with Crippen LogP contribution in [-0.2, 0) is 19.1 Å². The molecule has 0 aliphatic rings. The lowest BCUT2D eigenvalue weighted by Crippen LogP contribution is -2.50. The molecule has 2 unspecified atom stereocenters. The van der Waals surface area contributed by atoms with Crippen molar-refractivity contribution < 1.29 is 49.1 Å². The molecule has 0 saturated carbocycles. The van der Waals surface area contributed by atoms with Gasteiger partial charge in [-0.1, -0.05) is 12.1 Å². The maximum absolute atomic E-state index is 12.2. The van der Waals surface area contributed by atoms with Crippen LogP contribution in [0.3, 0.4) is 0 Å². The van der Waals surface area contributed by atoms with E-state index in [9.17, 15) is 44.4 Å². The second-order valence-electron chi connectivity index (χ2n) is 7.27. The Bertz CT molecular complexity index is 1190. The molecule has 0 bridgehead atoms. The smallest absolute Gasteiger partial charge is 0.342 e. The Morgan fingerprint density at radius 2 is 1.36 bits per heavy atom. The molecular formula is C22H23N3O10S. The summed E-state index contributed by atoms with van der Waals surface area (Å²) in [6, 6.07) is 5.82. The zero-order valence-corrected chi connectivity index (χ0v) is 19.6. The van der Waals surface area contributed by atoms with Crippen LogP contribution in [0.5, 0.6) is 23.0 Å². The SMILES string of the molecule is CC(OC(=O)c1cccc(O)c1O)C(N)C(=O)NC(=O)CSCC(=O)NC(=O)c1cccc(O)c1O. The number of carbonyl (C=O) groups excluding carboxylic acids is 5. The Hall–Kier alpha value is -4.30. The van der Waals surface area contributed by atoms with Gasteiger partial charge in [0.25, 0.3) is 5.91 Å². The molecular weight excluding hydrogens is 498 g/mol. The minimum Gasteiger partial charge on any atom is -0.504 e. The number of phenolic OH excluding ortho intramolecular Hbond substituents is 4. The van der Waals surface area contributed by atoms with Gasteiger partial charge in [-0.3, -0.25) is 29.8 Å². The number of phenols is 4. The van der Waals surface area contributed by atoms with E-state index in [1.54, 1.807) is 0 Å². The van der Waals surface area contributed by atoms with Crippen LogP contribution in [0.25, 0.3) is 0 Å². The number of nitrogens with one attached hydrogen (secondary N) is 2. The van der Waals surface area contributed by atoms with Gasteiger partial charge in [0.1, 0.15) is 17.7 Å². The van der Waals surface area contributed by atoms with Crippen molar-refractivity contribution in [3.05, 3.63) is 47.5 Å². The summed E-state index contributed by atoms with van der Waals surface area (Å²) >= 11 is 0.769. The van der Waals surface area contributed by atoms with E-state index in [1.165, 1.54) is 31.2 Å². The quantitative estimate of drug-likeness (QED) is 0.167. The highest BCUT2D eigenvalue weighted by Gasteiger charge is 2.27. The molecule has 0 aliphatic heterocycles. The van der Waals surface area contributed by atoms with Gasteiger partial charge in [0.15, 0.2) is 23.0 Å². The lowest BCUT2D eigenvalue weighted by Gasteiger charge is -2.19. The van der Waals surface area contributed by atoms with Crippen molar-refractivity contribution in [1.29, 1.82) is 0 Å². The van der Waals surface area contributed by atoms with Crippen molar-refractivity contribution >= 4 is 41.4 Å². The molecule has 36 heavy (non-hydrogen) atoms. The first kappa shape index (κ1) is 27.9. The van der Waals surface area contributed by atoms with Crippen LogP contribution in [0.2, 0.25) is 0 Å². The first-order valence-electron chi connectivity index (χ1n) is 10.2. The fourth-order valence-electron chi connectivity index (χ4n) is 2.65. The van der Waals surface area contributed by atoms with Gasteiger partial charge < -0.3 is 30.9 Å². The molecule has 192 valence electrons. The summed E-state index contributed by atoms with van der Waals surface area (Å²) in [5.74, 6) is -7.77. The highest BCUT2D eigenvalue weighted by atomic mass is 32.2. The maximum Gasteiger partial charge on any atom is 0.342 e. The number of hydrogen-bond donors (Lipinski definition) is 7. The van der Waals surface area contributed by atoms with Crippen LogP contribution in [0.1, 0.15) is 27.6 Å². The summed E-state index contributed by atoms with van der Waals surface area (Å²) in [7, 11) is 0. The zero-order chi connectivity index (χ0) is 27.0. The van der Waals surface area contributed by atoms with E-state index >= 15 is 0 Å². The number of hydrogen-bond acceptors (Lipinski definition) is 12. The van der Waals surface area contributed by atoms with Crippen molar-refractivity contribution in [3.8, 4) is 23.0 Å². The van der Waals surface area contributed by atoms with Gasteiger partial charge in [0.05, 0.1) is 17.1 Å². The lowest BCUT2D eigenvalue weighted by atomic mass is 10.1. The van der Waals surface area contributed by atoms with Crippen molar-refractivity contribution in [3.63, 3.8) is 0 Å². The fourth-order valence-corrected chi connectivity index (χ4v) is 3.27. The summed E-state index contributed by atoms with van der Waals surface area (Å²) < 4.78 is 5.01. The number of amides is 4. The number of benzene rings is 2. The summed E-state index contributed by atoms with van der Waals surface area (Å²) in [5.41, 5.74) is 5.04. The molecule has 0 saturated heterocycles. The molecule has 4 amide bonds. The van der Waals surface area contributed by atoms with Crippen molar-refractivity contribution in [2.75, 3.05) is 11.5 Å². The third-order valence-electron chi connectivity index (χ3n) is 4.58. The topological polar surface area (TPSA) is 226 Å². The van der Waals surface area contributed by atoms with Gasteiger partial charge in [-0.25, -0.2) is 4.79 Å². The van der Waals surface area contributed by atoms with Crippen molar-refractivity contribution in [2.45, 2.75) is 19.1 Å². The highest BCUT2D eigenvalue weighted by molar-refractivity contribution is 8.00. The van der Waals surface area contributed by atoms with Crippen LogP contribution in [0.4, 0.5) is 0 Å². The second-order valence-corrected chi connectivity index (χ2v) is 8.25. The third-order valence-corrected chi connectivity index (χ3v) is 5.51. The van der Waals surface area contributed by atoms with Crippen LogP contribution >= 0.6 is 11.8 Å². The Morgan fingerprint density at radius 3 is 1.94 bits per heavy atom. The van der Waals surface area contributed by atoms with Gasteiger partial charge in [0.2, 0.25) is 17.7 Å². The van der Waals surface area contributed by atoms with E-state index < -0.39 is 64.7 Å². The molecule has 0 fully saturated rings. The average molecular weight is 522 g/mol. The van der Waals surface area contributed by atoms with Crippen LogP contribution in [-0.4, -0.2) is 73.7 Å². The van der Waals surface area contributed by atoms with E-state index in [0.717, 1.165) is 23.9 Å². The monoisotopic (exact) mass is 521 g/mol. The number of thioether (sulfide) groups is 1. The molecule has 8 N–H and O–H groups in total. The molecule has 0 aromatic heterocycles. The summed E-state index contributed by atoms with van der Waals surface area (Å²) in [4.78, 5) is 60.2. The number of esters is 1. The highest BCUT2D eigenvalue weighted by Crippen LogP contribution is 2.29. The minimum atomic E-state index is -1.46. The van der Waals surface area contributed by atoms with Crippen molar-refractivity contribution in [1.82, 2.24) is 10.6 Å². The van der Waals surface area contributed by atoms with Crippen LogP contribution < -0.4 is 16.4 Å². The molecule has 2 aromatic carbocycles. The molecule has 2 aromatic rings. The first-order chi connectivity index (χ1) is 16.9. The van der Waals surface area contributed by atoms with Crippen LogP contribution in [0, 0.1) is 0 Å². The van der Waals surface area contributed by atoms with Gasteiger partial charge in [-0.05, 0) is 31.2 Å². The van der Waals surface area contributed by atoms with E-state index in [2.05, 4.69) is 0 Å². The zero-order valence-electron chi connectivity index (χ0n) is 18.8. The molecule has 0 heterocycles. The summed E-state index contributed by atoms with van der Waals surface area (Å²) in [6.07, 6.45) is -1.22. The average Bonchev–Trinajstić information content (AvgIpc) is 2.81. The predicted molar refractivity (Wildman–Crippen MR) is 125 cm³/mol. The van der Waals surface area contributed by atoms with Gasteiger partial charge >= 0.3 is 5.97 Å².